The number of pyridine rings is 1. The van der Waals surface area contributed by atoms with Gasteiger partial charge in [0.1, 0.15) is 5.82 Å². The molecule has 4 N–H and O–H groups in total. The number of benzene rings is 2. The second-order valence-corrected chi connectivity index (χ2v) is 11.0. The summed E-state index contributed by atoms with van der Waals surface area (Å²) in [6.07, 6.45) is 1.42. The summed E-state index contributed by atoms with van der Waals surface area (Å²) in [4.78, 5) is 31.4. The Morgan fingerprint density at radius 1 is 0.946 bits per heavy atom. The van der Waals surface area contributed by atoms with Crippen molar-refractivity contribution in [1.29, 1.82) is 0 Å². The third-order valence-electron chi connectivity index (χ3n) is 5.84. The molecular weight excluding hydrogens is 492 g/mol. The van der Waals surface area contributed by atoms with Crippen LogP contribution in [0.5, 0.6) is 0 Å². The summed E-state index contributed by atoms with van der Waals surface area (Å²) in [7, 11) is -2.91. The van der Waals surface area contributed by atoms with Gasteiger partial charge in [-0.15, -0.1) is 0 Å². The fourth-order valence-electron chi connectivity index (χ4n) is 3.86. The molecule has 194 valence electrons. The number of amides is 3. The number of carbonyl (C=O) groups excluding carboxylic acids is 2. The summed E-state index contributed by atoms with van der Waals surface area (Å²) >= 11 is 0. The van der Waals surface area contributed by atoms with Crippen molar-refractivity contribution in [2.45, 2.75) is 13.5 Å². The first kappa shape index (κ1) is 26.1. The molecule has 3 aromatic rings. The lowest BCUT2D eigenvalue weighted by Crippen LogP contribution is -2.39. The fraction of sp³-hybridized carbons (Fsp3) is 0.269. The molecule has 1 aliphatic heterocycles. The first-order valence-corrected chi connectivity index (χ1v) is 13.8. The van der Waals surface area contributed by atoms with E-state index in [2.05, 4.69) is 31.2 Å². The maximum Gasteiger partial charge on any atom is 0.320 e. The quantitative estimate of drug-likeness (QED) is 0.356. The van der Waals surface area contributed by atoms with Crippen LogP contribution in [0, 0.1) is 0 Å². The van der Waals surface area contributed by atoms with Gasteiger partial charge in [-0.1, -0.05) is 30.3 Å². The van der Waals surface area contributed by atoms with E-state index in [0.29, 0.717) is 48.9 Å². The van der Waals surface area contributed by atoms with Gasteiger partial charge in [0.15, 0.2) is 9.84 Å². The predicted molar refractivity (Wildman–Crippen MR) is 145 cm³/mol. The van der Waals surface area contributed by atoms with E-state index in [1.807, 2.05) is 61.5 Å². The number of nitrogens with zero attached hydrogens (tertiary/aromatic N) is 2. The van der Waals surface area contributed by atoms with Crippen molar-refractivity contribution in [3.63, 3.8) is 0 Å². The average Bonchev–Trinajstić information content (AvgIpc) is 2.87. The van der Waals surface area contributed by atoms with Crippen molar-refractivity contribution in [2.24, 2.45) is 0 Å². The molecule has 37 heavy (non-hydrogen) atoms. The summed E-state index contributed by atoms with van der Waals surface area (Å²) < 4.78 is 23.3. The third-order valence-corrected chi connectivity index (χ3v) is 7.44. The lowest BCUT2D eigenvalue weighted by molar-refractivity contribution is 0.102. The van der Waals surface area contributed by atoms with Gasteiger partial charge in [-0.25, -0.2) is 18.2 Å². The van der Waals surface area contributed by atoms with Crippen LogP contribution in [0.25, 0.3) is 0 Å². The van der Waals surface area contributed by atoms with Gasteiger partial charge in [-0.3, -0.25) is 15.0 Å². The molecule has 0 unspecified atom stereocenters. The van der Waals surface area contributed by atoms with Crippen LogP contribution in [0.15, 0.2) is 66.9 Å². The summed E-state index contributed by atoms with van der Waals surface area (Å²) in [6, 6.07) is 18.1. The second kappa shape index (κ2) is 11.8. The minimum Gasteiger partial charge on any atom is -0.355 e. The van der Waals surface area contributed by atoms with E-state index in [-0.39, 0.29) is 23.4 Å². The van der Waals surface area contributed by atoms with Gasteiger partial charge in [0.2, 0.25) is 0 Å². The van der Waals surface area contributed by atoms with Crippen molar-refractivity contribution in [2.75, 3.05) is 47.1 Å². The Bertz CT molecular complexity index is 1330. The monoisotopic (exact) mass is 522 g/mol. The minimum atomic E-state index is -2.91. The van der Waals surface area contributed by atoms with Crippen LogP contribution in [0.1, 0.15) is 22.8 Å². The maximum atomic E-state index is 13.2. The zero-order valence-electron chi connectivity index (χ0n) is 20.5. The van der Waals surface area contributed by atoms with E-state index in [1.54, 1.807) is 6.07 Å². The topological polar surface area (TPSA) is 133 Å². The van der Waals surface area contributed by atoms with E-state index in [9.17, 15) is 18.0 Å². The molecule has 0 spiro atoms. The molecule has 2 aromatic carbocycles. The summed E-state index contributed by atoms with van der Waals surface area (Å²) in [5, 5.41) is 11.4. The number of hydrogen-bond donors (Lipinski definition) is 4. The molecule has 11 heteroatoms. The Morgan fingerprint density at radius 3 is 2.32 bits per heavy atom. The fourth-order valence-corrected chi connectivity index (χ4v) is 5.14. The lowest BCUT2D eigenvalue weighted by Gasteiger charge is -2.26. The molecule has 1 fully saturated rings. The van der Waals surface area contributed by atoms with Crippen molar-refractivity contribution in [3.05, 3.63) is 78.0 Å². The number of para-hydroxylation sites is 1. The Kier molecular flexibility index (Phi) is 8.36. The minimum absolute atomic E-state index is 0.187. The first-order chi connectivity index (χ1) is 17.8. The molecule has 3 amide bonds. The Balaban J connectivity index is 1.46. The zero-order chi connectivity index (χ0) is 26.3. The highest BCUT2D eigenvalue weighted by Crippen LogP contribution is 2.24. The van der Waals surface area contributed by atoms with Crippen molar-refractivity contribution < 1.29 is 18.0 Å². The molecule has 1 saturated heterocycles. The molecule has 4 rings (SSSR count). The molecule has 0 aliphatic carbocycles. The van der Waals surface area contributed by atoms with Crippen LogP contribution >= 0.6 is 0 Å². The van der Waals surface area contributed by atoms with Crippen molar-refractivity contribution in [3.8, 4) is 0 Å². The van der Waals surface area contributed by atoms with Gasteiger partial charge >= 0.3 is 6.03 Å². The Hall–Kier alpha value is -3.96. The van der Waals surface area contributed by atoms with E-state index in [1.165, 1.54) is 6.20 Å². The average molecular weight is 523 g/mol. The smallest absolute Gasteiger partial charge is 0.320 e. The second-order valence-electron chi connectivity index (χ2n) is 8.67. The van der Waals surface area contributed by atoms with Crippen LogP contribution in [0.3, 0.4) is 0 Å². The molecule has 1 aromatic heterocycles. The van der Waals surface area contributed by atoms with E-state index in [4.69, 9.17) is 0 Å². The number of urea groups is 1. The highest BCUT2D eigenvalue weighted by molar-refractivity contribution is 7.91. The van der Waals surface area contributed by atoms with Gasteiger partial charge in [0.05, 0.1) is 22.8 Å². The molecule has 0 radical (unpaired) electrons. The van der Waals surface area contributed by atoms with Gasteiger partial charge in [-0.2, -0.15) is 0 Å². The zero-order valence-corrected chi connectivity index (χ0v) is 21.3. The van der Waals surface area contributed by atoms with E-state index >= 15 is 0 Å². The van der Waals surface area contributed by atoms with Crippen LogP contribution in [-0.2, 0) is 16.4 Å². The largest absolute Gasteiger partial charge is 0.355 e. The SMILES string of the molecule is CCNC(=O)Nc1cc(Nc2ccccc2)c(C(=O)Nc2ccc(CN3CCS(=O)(=O)CC3)cc2)cn1. The van der Waals surface area contributed by atoms with Gasteiger partial charge in [0.25, 0.3) is 5.91 Å². The number of nitrogens with one attached hydrogen (secondary N) is 4. The van der Waals surface area contributed by atoms with Gasteiger partial charge < -0.3 is 16.0 Å². The van der Waals surface area contributed by atoms with E-state index in [0.717, 1.165) is 11.3 Å². The van der Waals surface area contributed by atoms with Crippen molar-refractivity contribution in [1.82, 2.24) is 15.2 Å². The van der Waals surface area contributed by atoms with Gasteiger partial charge in [-0.05, 0) is 36.8 Å². The molecule has 0 bridgehead atoms. The van der Waals surface area contributed by atoms with E-state index < -0.39 is 9.84 Å². The normalized spacial score (nSPS) is 14.9. The highest BCUT2D eigenvalue weighted by Gasteiger charge is 2.21. The number of aromatic nitrogens is 1. The standard InChI is InChI=1S/C26H30N6O4S/c1-2-27-26(34)31-24-16-23(29-20-6-4-3-5-7-20)22(17-28-24)25(33)30-21-10-8-19(9-11-21)18-32-12-14-37(35,36)15-13-32/h3-11,16-17H,2,12-15,18H2,1H3,(H,30,33)(H3,27,28,29,31,34). The van der Waals surface area contributed by atoms with Crippen LogP contribution in [-0.4, -0.2) is 61.4 Å². The highest BCUT2D eigenvalue weighted by atomic mass is 32.2. The predicted octanol–water partition coefficient (Wildman–Crippen LogP) is 3.45. The number of hydrogen-bond acceptors (Lipinski definition) is 7. The summed E-state index contributed by atoms with van der Waals surface area (Å²) in [6.45, 7) is 3.99. The Morgan fingerprint density at radius 2 is 1.65 bits per heavy atom. The van der Waals surface area contributed by atoms with Crippen molar-refractivity contribution >= 4 is 44.7 Å². The number of carbonyl (C=O) groups is 2. The molecular formula is C26H30N6O4S. The lowest BCUT2D eigenvalue weighted by atomic mass is 10.1. The van der Waals surface area contributed by atoms with Crippen LogP contribution in [0.4, 0.5) is 27.7 Å². The molecule has 10 nitrogen and oxygen atoms in total. The number of sulfone groups is 1. The molecule has 0 atom stereocenters. The molecule has 1 aliphatic rings. The summed E-state index contributed by atoms with van der Waals surface area (Å²) in [5.74, 6) is 0.318. The van der Waals surface area contributed by atoms with Crippen LogP contribution in [0.2, 0.25) is 0 Å². The first-order valence-electron chi connectivity index (χ1n) is 12.0. The molecule has 2 heterocycles. The van der Waals surface area contributed by atoms with Crippen LogP contribution < -0.4 is 21.3 Å². The maximum absolute atomic E-state index is 13.2. The van der Waals surface area contributed by atoms with Gasteiger partial charge in [0, 0.05) is 49.8 Å². The summed E-state index contributed by atoms with van der Waals surface area (Å²) in [5.41, 5.74) is 3.23. The number of rotatable bonds is 8. The Labute approximate surface area is 216 Å². The molecule has 0 saturated carbocycles. The number of anilines is 4. The third kappa shape index (κ3) is 7.51.